The summed E-state index contributed by atoms with van der Waals surface area (Å²) < 4.78 is 86.3. The summed E-state index contributed by atoms with van der Waals surface area (Å²) >= 11 is 0. The minimum absolute atomic E-state index is 0.0488. The number of hydrogen-bond donors (Lipinski definition) is 1. The Morgan fingerprint density at radius 3 is 2.46 bits per heavy atom. The standard InChI is InChI=1S/C25H29F5N8O3/c1-24(2,3)41-23(39)32-15-9-17(20(25(28,29)30)40-19(15)13-8-12(26)6-7-14(13)27)38-10-16-18(11-38)36(4)21(31-16)22-33-34-35-37(22)5/h6-8,15,17,19-20H,9-11H2,1-5H3,(H,32,39)/t15-,17+,19+,20-/m0/s1. The van der Waals surface area contributed by atoms with Crippen molar-refractivity contribution in [2.45, 2.75) is 76.4 Å². The molecular formula is C25H29F5N8O3. The summed E-state index contributed by atoms with van der Waals surface area (Å²) in [5.74, 6) is -0.971. The first kappa shape index (κ1) is 28.9. The molecule has 0 unspecified atom stereocenters. The molecular weight excluding hydrogens is 555 g/mol. The predicted molar refractivity (Wildman–Crippen MR) is 132 cm³/mol. The Morgan fingerprint density at radius 2 is 1.85 bits per heavy atom. The Labute approximate surface area is 231 Å². The van der Waals surface area contributed by atoms with E-state index in [1.54, 1.807) is 44.3 Å². The van der Waals surface area contributed by atoms with E-state index in [0.29, 0.717) is 23.0 Å². The number of aromatic nitrogens is 6. The van der Waals surface area contributed by atoms with E-state index >= 15 is 0 Å². The lowest BCUT2D eigenvalue weighted by Crippen LogP contribution is -2.59. The number of fused-ring (bicyclic) bond motifs is 1. The lowest BCUT2D eigenvalue weighted by molar-refractivity contribution is -0.270. The topological polar surface area (TPSA) is 112 Å². The summed E-state index contributed by atoms with van der Waals surface area (Å²) in [7, 11) is 3.36. The van der Waals surface area contributed by atoms with Crippen LogP contribution in [0.2, 0.25) is 0 Å². The molecule has 2 aromatic heterocycles. The van der Waals surface area contributed by atoms with E-state index in [-0.39, 0.29) is 19.5 Å². The Morgan fingerprint density at radius 1 is 1.12 bits per heavy atom. The summed E-state index contributed by atoms with van der Waals surface area (Å²) in [6.45, 7) is 5.00. The van der Waals surface area contributed by atoms with Gasteiger partial charge in [-0.05, 0) is 55.8 Å². The Kier molecular flexibility index (Phi) is 7.26. The maximum absolute atomic E-state index is 14.8. The van der Waals surface area contributed by atoms with E-state index < -0.39 is 59.4 Å². The number of nitrogens with one attached hydrogen (secondary N) is 1. The van der Waals surface area contributed by atoms with Crippen molar-refractivity contribution in [1.82, 2.24) is 40.0 Å². The van der Waals surface area contributed by atoms with Crippen molar-refractivity contribution in [3.05, 3.63) is 46.8 Å². The van der Waals surface area contributed by atoms with Crippen LogP contribution >= 0.6 is 0 Å². The second-order valence-electron chi connectivity index (χ2n) is 11.2. The average Bonchev–Trinajstić information content (AvgIpc) is 3.54. The van der Waals surface area contributed by atoms with Gasteiger partial charge in [0.2, 0.25) is 5.82 Å². The van der Waals surface area contributed by atoms with Crippen molar-refractivity contribution < 1.29 is 36.2 Å². The molecule has 0 radical (unpaired) electrons. The Bertz CT molecular complexity index is 1450. The predicted octanol–water partition coefficient (Wildman–Crippen LogP) is 3.56. The highest BCUT2D eigenvalue weighted by molar-refractivity contribution is 5.68. The number of aryl methyl sites for hydroxylation is 1. The number of alkyl carbamates (subject to hydrolysis) is 1. The third-order valence-electron chi connectivity index (χ3n) is 7.08. The number of rotatable bonds is 4. The molecule has 0 bridgehead atoms. The number of amides is 1. The molecule has 4 heterocycles. The van der Waals surface area contributed by atoms with Crippen molar-refractivity contribution >= 4 is 6.09 Å². The van der Waals surface area contributed by atoms with Crippen LogP contribution in [0.3, 0.4) is 0 Å². The molecule has 1 amide bonds. The van der Waals surface area contributed by atoms with Crippen molar-refractivity contribution in [3.63, 3.8) is 0 Å². The number of halogens is 5. The molecule has 1 saturated heterocycles. The van der Waals surface area contributed by atoms with Crippen molar-refractivity contribution in [1.29, 1.82) is 0 Å². The molecule has 0 aliphatic carbocycles. The maximum Gasteiger partial charge on any atom is 0.416 e. The number of nitrogens with zero attached hydrogens (tertiary/aromatic N) is 7. The number of carbonyl (C=O) groups excluding carboxylic acids is 1. The van der Waals surface area contributed by atoms with Gasteiger partial charge in [0.15, 0.2) is 11.9 Å². The molecule has 2 aliphatic heterocycles. The SMILES string of the molecule is Cn1nnnc1-c1nc2c(n1C)CN([C@@H]1C[C@H](NC(=O)OC(C)(C)C)[C@@H](c3cc(F)ccc3F)O[C@@H]1C(F)(F)F)C2. The molecule has 0 spiro atoms. The second-order valence-corrected chi connectivity index (χ2v) is 11.2. The van der Waals surface area contributed by atoms with Crippen LogP contribution < -0.4 is 5.32 Å². The molecule has 1 fully saturated rings. The average molecular weight is 585 g/mol. The molecule has 3 aromatic rings. The van der Waals surface area contributed by atoms with E-state index in [1.807, 2.05) is 0 Å². The monoisotopic (exact) mass is 584 g/mol. The quantitative estimate of drug-likeness (QED) is 0.464. The minimum atomic E-state index is -4.86. The highest BCUT2D eigenvalue weighted by Gasteiger charge is 2.55. The molecule has 11 nitrogen and oxygen atoms in total. The smallest absolute Gasteiger partial charge is 0.416 e. The van der Waals surface area contributed by atoms with Crippen molar-refractivity contribution in [2.75, 3.05) is 0 Å². The zero-order valence-electron chi connectivity index (χ0n) is 22.9. The van der Waals surface area contributed by atoms with Crippen LogP contribution in [-0.4, -0.2) is 70.7 Å². The first-order valence-electron chi connectivity index (χ1n) is 12.8. The molecule has 41 heavy (non-hydrogen) atoms. The number of alkyl halides is 3. The third-order valence-corrected chi connectivity index (χ3v) is 7.08. The van der Waals surface area contributed by atoms with Gasteiger partial charge in [0.25, 0.3) is 0 Å². The van der Waals surface area contributed by atoms with E-state index in [1.165, 1.54) is 4.68 Å². The van der Waals surface area contributed by atoms with E-state index in [4.69, 9.17) is 9.47 Å². The Hall–Kier alpha value is -3.66. The van der Waals surface area contributed by atoms with Crippen LogP contribution in [0.5, 0.6) is 0 Å². The molecule has 1 N–H and O–H groups in total. The fourth-order valence-electron chi connectivity index (χ4n) is 5.31. The first-order valence-corrected chi connectivity index (χ1v) is 12.8. The molecule has 16 heteroatoms. The normalized spacial score (nSPS) is 23.5. The summed E-state index contributed by atoms with van der Waals surface area (Å²) in [5.41, 5.74) is -0.141. The van der Waals surface area contributed by atoms with Gasteiger partial charge in [-0.2, -0.15) is 13.2 Å². The number of carbonyl (C=O) groups is 1. The van der Waals surface area contributed by atoms with E-state index in [9.17, 15) is 26.7 Å². The maximum atomic E-state index is 14.8. The van der Waals surface area contributed by atoms with Crippen LogP contribution in [0.4, 0.5) is 26.7 Å². The summed E-state index contributed by atoms with van der Waals surface area (Å²) in [5, 5.41) is 13.9. The second kappa shape index (κ2) is 10.3. The molecule has 5 rings (SSSR count). The van der Waals surface area contributed by atoms with Crippen molar-refractivity contribution in [3.8, 4) is 11.6 Å². The minimum Gasteiger partial charge on any atom is -0.444 e. The fraction of sp³-hybridized carbons (Fsp3) is 0.560. The molecule has 2 aliphatic rings. The van der Waals surface area contributed by atoms with Gasteiger partial charge in [-0.3, -0.25) is 4.90 Å². The van der Waals surface area contributed by atoms with E-state index in [2.05, 4.69) is 25.8 Å². The summed E-state index contributed by atoms with van der Waals surface area (Å²) in [6, 6.07) is -0.0448. The third kappa shape index (κ3) is 5.75. The number of benzene rings is 1. The molecule has 222 valence electrons. The zero-order chi connectivity index (χ0) is 29.9. The van der Waals surface area contributed by atoms with Gasteiger partial charge in [-0.25, -0.2) is 23.2 Å². The molecule has 0 saturated carbocycles. The first-order chi connectivity index (χ1) is 19.1. The number of hydrogen-bond acceptors (Lipinski definition) is 8. The van der Waals surface area contributed by atoms with Crippen LogP contribution in [0.15, 0.2) is 18.2 Å². The fourth-order valence-corrected chi connectivity index (χ4v) is 5.31. The largest absolute Gasteiger partial charge is 0.444 e. The van der Waals surface area contributed by atoms with E-state index in [0.717, 1.165) is 18.2 Å². The van der Waals surface area contributed by atoms with Gasteiger partial charge in [0, 0.05) is 38.8 Å². The highest BCUT2D eigenvalue weighted by atomic mass is 19.4. The Balaban J connectivity index is 1.47. The van der Waals surface area contributed by atoms with Crippen molar-refractivity contribution in [2.24, 2.45) is 14.1 Å². The van der Waals surface area contributed by atoms with Gasteiger partial charge in [0.05, 0.1) is 17.4 Å². The number of imidazole rings is 1. The number of tetrazole rings is 1. The lowest BCUT2D eigenvalue weighted by Gasteiger charge is -2.45. The van der Waals surface area contributed by atoms with Crippen LogP contribution in [-0.2, 0) is 36.7 Å². The van der Waals surface area contributed by atoms with Gasteiger partial charge in [-0.15, -0.1) is 5.10 Å². The van der Waals surface area contributed by atoms with Crippen LogP contribution in [0.25, 0.3) is 11.6 Å². The van der Waals surface area contributed by atoms with Crippen LogP contribution in [0.1, 0.15) is 50.2 Å². The van der Waals surface area contributed by atoms with Gasteiger partial charge in [0.1, 0.15) is 23.3 Å². The van der Waals surface area contributed by atoms with Gasteiger partial charge < -0.3 is 19.4 Å². The highest BCUT2D eigenvalue weighted by Crippen LogP contribution is 2.43. The number of ether oxygens (including phenoxy) is 2. The lowest BCUT2D eigenvalue weighted by atomic mass is 9.88. The summed E-state index contributed by atoms with van der Waals surface area (Å²) in [4.78, 5) is 18.8. The van der Waals surface area contributed by atoms with Crippen LogP contribution in [0, 0.1) is 11.6 Å². The van der Waals surface area contributed by atoms with Gasteiger partial charge >= 0.3 is 12.3 Å². The summed E-state index contributed by atoms with van der Waals surface area (Å²) in [6.07, 6.45) is -10.1. The zero-order valence-corrected chi connectivity index (χ0v) is 22.9. The molecule has 1 aromatic carbocycles. The molecule has 4 atom stereocenters. The van der Waals surface area contributed by atoms with Gasteiger partial charge in [-0.1, -0.05) is 0 Å².